The van der Waals surface area contributed by atoms with Gasteiger partial charge < -0.3 is 14.7 Å². The molecule has 3 heterocycles. The first-order valence-electron chi connectivity index (χ1n) is 8.33. The molecule has 0 bridgehead atoms. The van der Waals surface area contributed by atoms with Gasteiger partial charge >= 0.3 is 0 Å². The van der Waals surface area contributed by atoms with Crippen LogP contribution in [-0.2, 0) is 4.79 Å². The van der Waals surface area contributed by atoms with Gasteiger partial charge in [-0.15, -0.1) is 11.3 Å². The van der Waals surface area contributed by atoms with E-state index in [1.54, 1.807) is 13.1 Å². The SMILES string of the molecule is CN(CC(=O)N1CC[C@@H]2[C@@H](CCCN2C)C1)C(=O)c1cccs1. The van der Waals surface area contributed by atoms with E-state index in [-0.39, 0.29) is 18.4 Å². The Kier molecular flexibility index (Phi) is 5.02. The summed E-state index contributed by atoms with van der Waals surface area (Å²) in [5.41, 5.74) is 0. The minimum absolute atomic E-state index is 0.0689. The van der Waals surface area contributed by atoms with E-state index in [9.17, 15) is 9.59 Å². The van der Waals surface area contributed by atoms with Crippen molar-refractivity contribution in [3.05, 3.63) is 22.4 Å². The van der Waals surface area contributed by atoms with Crippen LogP contribution in [0.5, 0.6) is 0 Å². The van der Waals surface area contributed by atoms with Crippen molar-refractivity contribution in [1.82, 2.24) is 14.7 Å². The number of piperidine rings is 2. The summed E-state index contributed by atoms with van der Waals surface area (Å²) in [7, 11) is 3.91. The Labute approximate surface area is 141 Å². The normalized spacial score (nSPS) is 25.0. The van der Waals surface area contributed by atoms with Crippen molar-refractivity contribution in [2.45, 2.75) is 25.3 Å². The third-order valence-electron chi connectivity index (χ3n) is 5.15. The van der Waals surface area contributed by atoms with Crippen molar-refractivity contribution in [3.8, 4) is 0 Å². The van der Waals surface area contributed by atoms with Crippen LogP contribution < -0.4 is 0 Å². The molecule has 2 aliphatic heterocycles. The van der Waals surface area contributed by atoms with Gasteiger partial charge in [0.05, 0.1) is 11.4 Å². The highest BCUT2D eigenvalue weighted by molar-refractivity contribution is 7.12. The second kappa shape index (κ2) is 7.01. The highest BCUT2D eigenvalue weighted by Crippen LogP contribution is 2.29. The molecule has 2 saturated heterocycles. The molecular formula is C17H25N3O2S. The molecule has 1 aromatic heterocycles. The molecule has 0 saturated carbocycles. The number of likely N-dealkylation sites (tertiary alicyclic amines) is 2. The number of hydrogen-bond acceptors (Lipinski definition) is 4. The fraction of sp³-hybridized carbons (Fsp3) is 0.647. The fourth-order valence-corrected chi connectivity index (χ4v) is 4.56. The molecule has 0 radical (unpaired) electrons. The van der Waals surface area contributed by atoms with Crippen LogP contribution in [0.15, 0.2) is 17.5 Å². The van der Waals surface area contributed by atoms with Crippen molar-refractivity contribution in [3.63, 3.8) is 0 Å². The van der Waals surface area contributed by atoms with E-state index >= 15 is 0 Å². The van der Waals surface area contributed by atoms with E-state index in [1.165, 1.54) is 35.6 Å². The molecule has 6 heteroatoms. The minimum atomic E-state index is -0.0689. The Morgan fingerprint density at radius 2 is 2.17 bits per heavy atom. The fourth-order valence-electron chi connectivity index (χ4n) is 3.84. The van der Waals surface area contributed by atoms with Crippen LogP contribution in [0.4, 0.5) is 0 Å². The van der Waals surface area contributed by atoms with Crippen LogP contribution in [0.25, 0.3) is 0 Å². The van der Waals surface area contributed by atoms with Gasteiger partial charge in [-0.1, -0.05) is 6.07 Å². The molecule has 3 rings (SSSR count). The lowest BCUT2D eigenvalue weighted by Crippen LogP contribution is -2.55. The highest BCUT2D eigenvalue weighted by atomic mass is 32.1. The zero-order valence-corrected chi connectivity index (χ0v) is 14.7. The van der Waals surface area contributed by atoms with Crippen LogP contribution in [0.1, 0.15) is 28.9 Å². The van der Waals surface area contributed by atoms with Gasteiger partial charge in [0.1, 0.15) is 0 Å². The Morgan fingerprint density at radius 3 is 2.91 bits per heavy atom. The molecule has 0 aliphatic carbocycles. The molecule has 0 unspecified atom stereocenters. The van der Waals surface area contributed by atoms with E-state index in [1.807, 2.05) is 16.3 Å². The average molecular weight is 335 g/mol. The van der Waals surface area contributed by atoms with Crippen LogP contribution in [-0.4, -0.2) is 72.8 Å². The second-order valence-electron chi connectivity index (χ2n) is 6.72. The summed E-state index contributed by atoms with van der Waals surface area (Å²) < 4.78 is 0. The molecule has 2 fully saturated rings. The third-order valence-corrected chi connectivity index (χ3v) is 6.01. The lowest BCUT2D eigenvalue weighted by Gasteiger charge is -2.46. The first kappa shape index (κ1) is 16.5. The molecular weight excluding hydrogens is 310 g/mol. The van der Waals surface area contributed by atoms with E-state index in [2.05, 4.69) is 11.9 Å². The van der Waals surface area contributed by atoms with Gasteiger partial charge in [-0.25, -0.2) is 0 Å². The number of carbonyl (C=O) groups excluding carboxylic acids is 2. The zero-order chi connectivity index (χ0) is 16.4. The van der Waals surface area contributed by atoms with Crippen LogP contribution in [0.3, 0.4) is 0 Å². The van der Waals surface area contributed by atoms with Gasteiger partial charge in [-0.05, 0) is 50.2 Å². The topological polar surface area (TPSA) is 43.9 Å². The minimum Gasteiger partial charge on any atom is -0.341 e. The Balaban J connectivity index is 1.55. The van der Waals surface area contributed by atoms with Crippen LogP contribution in [0, 0.1) is 5.92 Å². The number of nitrogens with zero attached hydrogens (tertiary/aromatic N) is 3. The molecule has 2 atom stereocenters. The van der Waals surface area contributed by atoms with Crippen LogP contribution >= 0.6 is 11.3 Å². The molecule has 5 nitrogen and oxygen atoms in total. The van der Waals surface area contributed by atoms with E-state index < -0.39 is 0 Å². The van der Waals surface area contributed by atoms with Gasteiger partial charge in [0, 0.05) is 26.2 Å². The zero-order valence-electron chi connectivity index (χ0n) is 13.9. The standard InChI is InChI=1S/C17H25N3O2S/c1-18-8-3-5-13-11-20(9-7-14(13)18)16(21)12-19(2)17(22)15-6-4-10-23-15/h4,6,10,13-14H,3,5,7-9,11-12H2,1-2H3/t13-,14+/m0/s1. The summed E-state index contributed by atoms with van der Waals surface area (Å²) in [4.78, 5) is 31.4. The van der Waals surface area contributed by atoms with Gasteiger partial charge in [-0.2, -0.15) is 0 Å². The van der Waals surface area contributed by atoms with Crippen LogP contribution in [0.2, 0.25) is 0 Å². The average Bonchev–Trinajstić information content (AvgIpc) is 3.08. The summed E-state index contributed by atoms with van der Waals surface area (Å²) in [5.74, 6) is 0.592. The van der Waals surface area contributed by atoms with Gasteiger partial charge in [0.2, 0.25) is 5.91 Å². The molecule has 0 N–H and O–H groups in total. The number of carbonyl (C=O) groups is 2. The van der Waals surface area contributed by atoms with E-state index in [0.717, 1.165) is 19.5 Å². The molecule has 126 valence electrons. The van der Waals surface area contributed by atoms with Gasteiger partial charge in [-0.3, -0.25) is 9.59 Å². The summed E-state index contributed by atoms with van der Waals surface area (Å²) in [6.45, 7) is 3.00. The summed E-state index contributed by atoms with van der Waals surface area (Å²) in [6.07, 6.45) is 3.48. The molecule has 2 amide bonds. The first-order valence-corrected chi connectivity index (χ1v) is 9.21. The Bertz CT molecular complexity index is 560. The maximum atomic E-state index is 12.6. The smallest absolute Gasteiger partial charge is 0.264 e. The Morgan fingerprint density at radius 1 is 1.35 bits per heavy atom. The predicted molar refractivity (Wildman–Crippen MR) is 91.6 cm³/mol. The lowest BCUT2D eigenvalue weighted by molar-refractivity contribution is -0.135. The van der Waals surface area contributed by atoms with E-state index in [0.29, 0.717) is 16.8 Å². The molecule has 0 spiro atoms. The van der Waals surface area contributed by atoms with Gasteiger partial charge in [0.25, 0.3) is 5.91 Å². The number of likely N-dealkylation sites (N-methyl/N-ethyl adjacent to an activating group) is 1. The molecule has 23 heavy (non-hydrogen) atoms. The van der Waals surface area contributed by atoms with Gasteiger partial charge in [0.15, 0.2) is 0 Å². The van der Waals surface area contributed by atoms with Crippen molar-refractivity contribution in [2.24, 2.45) is 5.92 Å². The largest absolute Gasteiger partial charge is 0.341 e. The van der Waals surface area contributed by atoms with Crippen molar-refractivity contribution in [1.29, 1.82) is 0 Å². The number of rotatable bonds is 3. The van der Waals surface area contributed by atoms with E-state index in [4.69, 9.17) is 0 Å². The third kappa shape index (κ3) is 3.58. The quantitative estimate of drug-likeness (QED) is 0.845. The Hall–Kier alpha value is -1.40. The number of hydrogen-bond donors (Lipinski definition) is 0. The predicted octanol–water partition coefficient (Wildman–Crippen LogP) is 1.76. The lowest BCUT2D eigenvalue weighted by atomic mass is 9.84. The molecule has 1 aromatic rings. The maximum absolute atomic E-state index is 12.6. The summed E-state index contributed by atoms with van der Waals surface area (Å²) in [6, 6.07) is 4.29. The van der Waals surface area contributed by atoms with Crippen molar-refractivity contribution < 1.29 is 9.59 Å². The summed E-state index contributed by atoms with van der Waals surface area (Å²) in [5, 5.41) is 1.88. The molecule has 2 aliphatic rings. The number of fused-ring (bicyclic) bond motifs is 1. The molecule has 0 aromatic carbocycles. The highest BCUT2D eigenvalue weighted by Gasteiger charge is 2.36. The van der Waals surface area contributed by atoms with Crippen molar-refractivity contribution in [2.75, 3.05) is 40.3 Å². The second-order valence-corrected chi connectivity index (χ2v) is 7.66. The summed E-state index contributed by atoms with van der Waals surface area (Å²) >= 11 is 1.42. The number of amides is 2. The monoisotopic (exact) mass is 335 g/mol. The van der Waals surface area contributed by atoms with Crippen molar-refractivity contribution >= 4 is 23.2 Å². The first-order chi connectivity index (χ1) is 11.1. The number of thiophene rings is 1. The maximum Gasteiger partial charge on any atom is 0.264 e.